The second-order valence-corrected chi connectivity index (χ2v) is 6.19. The van der Waals surface area contributed by atoms with Crippen molar-refractivity contribution in [3.8, 4) is 11.5 Å². The molecule has 3 rings (SSSR count). The summed E-state index contributed by atoms with van der Waals surface area (Å²) < 4.78 is 10.5. The third-order valence-electron chi connectivity index (χ3n) is 4.28. The Morgan fingerprint density at radius 3 is 1.46 bits per heavy atom. The van der Waals surface area contributed by atoms with Gasteiger partial charge in [0.2, 0.25) is 0 Å². The van der Waals surface area contributed by atoms with Gasteiger partial charge in [0, 0.05) is 0 Å². The molecule has 6 nitrogen and oxygen atoms in total. The third kappa shape index (κ3) is 5.24. The Hall–Kier alpha value is -3.02. The highest BCUT2D eigenvalue weighted by Gasteiger charge is 2.29. The molecule has 6 heteroatoms. The van der Waals surface area contributed by atoms with Gasteiger partial charge < -0.3 is 20.1 Å². The van der Waals surface area contributed by atoms with Crippen LogP contribution in [0.25, 0.3) is 0 Å². The Morgan fingerprint density at radius 1 is 0.692 bits per heavy atom. The van der Waals surface area contributed by atoms with E-state index < -0.39 is 12.2 Å². The molecule has 1 aliphatic carbocycles. The first-order chi connectivity index (χ1) is 12.7. The number of rotatable bonds is 4. The molecule has 0 heterocycles. The van der Waals surface area contributed by atoms with E-state index >= 15 is 0 Å². The van der Waals surface area contributed by atoms with Gasteiger partial charge in [-0.3, -0.25) is 0 Å². The molecule has 0 bridgehead atoms. The number of carbonyl (C=O) groups excluding carboxylic acids is 2. The van der Waals surface area contributed by atoms with Crippen LogP contribution in [-0.4, -0.2) is 24.3 Å². The third-order valence-corrected chi connectivity index (χ3v) is 4.28. The van der Waals surface area contributed by atoms with Gasteiger partial charge in [-0.25, -0.2) is 9.59 Å². The van der Waals surface area contributed by atoms with Crippen LogP contribution in [0.3, 0.4) is 0 Å². The lowest BCUT2D eigenvalue weighted by molar-refractivity contribution is 0.173. The van der Waals surface area contributed by atoms with Crippen LogP contribution in [0.4, 0.5) is 9.59 Å². The first-order valence-electron chi connectivity index (χ1n) is 8.77. The van der Waals surface area contributed by atoms with E-state index in [9.17, 15) is 9.59 Å². The van der Waals surface area contributed by atoms with Crippen molar-refractivity contribution in [2.75, 3.05) is 0 Å². The molecule has 0 saturated heterocycles. The van der Waals surface area contributed by atoms with Gasteiger partial charge in [-0.05, 0) is 37.1 Å². The fourth-order valence-corrected chi connectivity index (χ4v) is 3.03. The lowest BCUT2D eigenvalue weighted by Crippen LogP contribution is -2.54. The first kappa shape index (κ1) is 17.8. The molecular weight excluding hydrogens is 332 g/mol. The lowest BCUT2D eigenvalue weighted by atomic mass is 9.90. The number of ether oxygens (including phenoxy) is 2. The number of hydrogen-bond acceptors (Lipinski definition) is 4. The van der Waals surface area contributed by atoms with Crippen molar-refractivity contribution in [1.29, 1.82) is 0 Å². The van der Waals surface area contributed by atoms with Gasteiger partial charge in [-0.15, -0.1) is 0 Å². The molecule has 2 atom stereocenters. The van der Waals surface area contributed by atoms with Crippen LogP contribution < -0.4 is 20.1 Å². The van der Waals surface area contributed by atoms with E-state index in [1.807, 2.05) is 12.1 Å². The molecule has 2 amide bonds. The molecule has 0 unspecified atom stereocenters. The van der Waals surface area contributed by atoms with Crippen LogP contribution in [0.15, 0.2) is 60.7 Å². The van der Waals surface area contributed by atoms with Gasteiger partial charge in [0.25, 0.3) is 0 Å². The van der Waals surface area contributed by atoms with Gasteiger partial charge >= 0.3 is 12.2 Å². The fourth-order valence-electron chi connectivity index (χ4n) is 3.03. The van der Waals surface area contributed by atoms with Crippen LogP contribution in [-0.2, 0) is 0 Å². The molecule has 26 heavy (non-hydrogen) atoms. The maximum atomic E-state index is 12.1. The van der Waals surface area contributed by atoms with E-state index in [1.165, 1.54) is 0 Å². The average Bonchev–Trinajstić information content (AvgIpc) is 2.65. The largest absolute Gasteiger partial charge is 0.412 e. The molecule has 0 aromatic heterocycles. The lowest BCUT2D eigenvalue weighted by Gasteiger charge is -2.32. The first-order valence-corrected chi connectivity index (χ1v) is 8.77. The minimum Gasteiger partial charge on any atom is -0.410 e. The van der Waals surface area contributed by atoms with Crippen molar-refractivity contribution >= 4 is 12.2 Å². The van der Waals surface area contributed by atoms with Gasteiger partial charge in [0.05, 0.1) is 12.1 Å². The summed E-state index contributed by atoms with van der Waals surface area (Å²) in [7, 11) is 0. The average molecular weight is 354 g/mol. The van der Waals surface area contributed by atoms with E-state index in [2.05, 4.69) is 10.6 Å². The topological polar surface area (TPSA) is 76.7 Å². The smallest absolute Gasteiger partial charge is 0.410 e. The molecule has 2 aromatic rings. The maximum absolute atomic E-state index is 12.1. The summed E-state index contributed by atoms with van der Waals surface area (Å²) in [4.78, 5) is 24.3. The van der Waals surface area contributed by atoms with E-state index in [0.29, 0.717) is 11.5 Å². The summed E-state index contributed by atoms with van der Waals surface area (Å²) >= 11 is 0. The zero-order valence-electron chi connectivity index (χ0n) is 14.4. The number of carbonyl (C=O) groups is 2. The Kier molecular flexibility index (Phi) is 6.09. The number of nitrogens with one attached hydrogen (secondary N) is 2. The predicted octanol–water partition coefficient (Wildman–Crippen LogP) is 3.87. The standard InChI is InChI=1S/C20H22N2O4/c23-19(25-15-9-3-1-4-10-15)21-17-13-7-8-14-18(17)22-20(24)26-16-11-5-2-6-12-16/h1-6,9-12,17-18H,7-8,13-14H2,(H,21,23)(H,22,24)/t17-,18-/m1/s1. The highest BCUT2D eigenvalue weighted by Crippen LogP contribution is 2.20. The molecule has 2 N–H and O–H groups in total. The zero-order chi connectivity index (χ0) is 18.2. The van der Waals surface area contributed by atoms with Crippen molar-refractivity contribution in [2.45, 2.75) is 37.8 Å². The maximum Gasteiger partial charge on any atom is 0.412 e. The molecule has 0 radical (unpaired) electrons. The Morgan fingerprint density at radius 2 is 1.08 bits per heavy atom. The van der Waals surface area contributed by atoms with Crippen molar-refractivity contribution in [2.24, 2.45) is 0 Å². The highest BCUT2D eigenvalue weighted by molar-refractivity contribution is 5.72. The second-order valence-electron chi connectivity index (χ2n) is 6.19. The summed E-state index contributed by atoms with van der Waals surface area (Å²) in [6.07, 6.45) is 2.49. The monoisotopic (exact) mass is 354 g/mol. The van der Waals surface area contributed by atoms with Crippen molar-refractivity contribution in [3.05, 3.63) is 60.7 Å². The van der Waals surface area contributed by atoms with E-state index in [-0.39, 0.29) is 12.1 Å². The number of hydrogen-bond donors (Lipinski definition) is 2. The van der Waals surface area contributed by atoms with Crippen LogP contribution in [0.2, 0.25) is 0 Å². The van der Waals surface area contributed by atoms with Crippen LogP contribution >= 0.6 is 0 Å². The van der Waals surface area contributed by atoms with E-state index in [1.54, 1.807) is 48.5 Å². The van der Waals surface area contributed by atoms with Crippen molar-refractivity contribution in [1.82, 2.24) is 10.6 Å². The highest BCUT2D eigenvalue weighted by atomic mass is 16.6. The van der Waals surface area contributed by atoms with Gasteiger partial charge in [-0.2, -0.15) is 0 Å². The molecule has 2 aromatic carbocycles. The Balaban J connectivity index is 1.53. The molecule has 1 fully saturated rings. The van der Waals surface area contributed by atoms with Crippen molar-refractivity contribution < 1.29 is 19.1 Å². The molecule has 136 valence electrons. The SMILES string of the molecule is O=C(N[C@@H]1CCCC[C@H]1NC(=O)Oc1ccccc1)Oc1ccccc1. The summed E-state index contributed by atoms with van der Waals surface area (Å²) in [6.45, 7) is 0. The van der Waals surface area contributed by atoms with E-state index in [0.717, 1.165) is 25.7 Å². The molecule has 1 saturated carbocycles. The summed E-state index contributed by atoms with van der Waals surface area (Å²) in [5, 5.41) is 5.71. The zero-order valence-corrected chi connectivity index (χ0v) is 14.4. The Labute approximate surface area is 152 Å². The predicted molar refractivity (Wildman–Crippen MR) is 97.2 cm³/mol. The molecule has 0 aliphatic heterocycles. The summed E-state index contributed by atoms with van der Waals surface area (Å²) in [5.41, 5.74) is 0. The fraction of sp³-hybridized carbons (Fsp3) is 0.300. The van der Waals surface area contributed by atoms with Crippen LogP contribution in [0.5, 0.6) is 11.5 Å². The summed E-state index contributed by atoms with van der Waals surface area (Å²) in [5.74, 6) is 0.961. The normalized spacial score (nSPS) is 19.2. The Bertz CT molecular complexity index is 658. The minimum absolute atomic E-state index is 0.191. The van der Waals surface area contributed by atoms with Gasteiger partial charge in [0.15, 0.2) is 0 Å². The number of benzene rings is 2. The van der Waals surface area contributed by atoms with E-state index in [4.69, 9.17) is 9.47 Å². The summed E-state index contributed by atoms with van der Waals surface area (Å²) in [6, 6.07) is 17.4. The molecule has 0 spiro atoms. The molecular formula is C20H22N2O4. The molecule has 1 aliphatic rings. The van der Waals surface area contributed by atoms with Gasteiger partial charge in [0.1, 0.15) is 11.5 Å². The quantitative estimate of drug-likeness (QED) is 0.874. The van der Waals surface area contributed by atoms with Crippen molar-refractivity contribution in [3.63, 3.8) is 0 Å². The number of amides is 2. The second kappa shape index (κ2) is 8.89. The van der Waals surface area contributed by atoms with Crippen LogP contribution in [0.1, 0.15) is 25.7 Å². The number of para-hydroxylation sites is 2. The van der Waals surface area contributed by atoms with Gasteiger partial charge in [-0.1, -0.05) is 49.2 Å². The minimum atomic E-state index is -0.522. The van der Waals surface area contributed by atoms with Crippen LogP contribution in [0, 0.1) is 0 Å².